The van der Waals surface area contributed by atoms with Crippen molar-refractivity contribution < 1.29 is 12.8 Å². The average molecular weight is 335 g/mol. The minimum atomic E-state index is -3.90. The van der Waals surface area contributed by atoms with E-state index in [1.807, 2.05) is 0 Å². The maximum absolute atomic E-state index is 13.8. The van der Waals surface area contributed by atoms with Gasteiger partial charge in [-0.15, -0.1) is 11.3 Å². The van der Waals surface area contributed by atoms with Gasteiger partial charge >= 0.3 is 0 Å². The van der Waals surface area contributed by atoms with Gasteiger partial charge in [0.05, 0.1) is 10.7 Å². The summed E-state index contributed by atoms with van der Waals surface area (Å²) in [7, 11) is -3.90. The van der Waals surface area contributed by atoms with Crippen LogP contribution >= 0.6 is 22.9 Å². The van der Waals surface area contributed by atoms with Crippen LogP contribution in [0.3, 0.4) is 0 Å². The van der Waals surface area contributed by atoms with E-state index in [4.69, 9.17) is 17.3 Å². The van der Waals surface area contributed by atoms with Gasteiger partial charge in [0.2, 0.25) is 0 Å². The van der Waals surface area contributed by atoms with E-state index < -0.39 is 15.8 Å². The topological polar surface area (TPSA) is 72.2 Å². The van der Waals surface area contributed by atoms with E-state index in [1.165, 1.54) is 29.5 Å². The monoisotopic (exact) mass is 334 g/mol. The Kier molecular flexibility index (Phi) is 4.33. The van der Waals surface area contributed by atoms with Gasteiger partial charge in [-0.05, 0) is 30.0 Å². The largest absolute Gasteiger partial charge is 0.326 e. The van der Waals surface area contributed by atoms with Crippen LogP contribution in [0.25, 0.3) is 0 Å². The summed E-state index contributed by atoms with van der Waals surface area (Å²) < 4.78 is 40.7. The fraction of sp³-hybridized carbons (Fsp3) is 0.167. The molecule has 3 N–H and O–H groups in total. The zero-order valence-electron chi connectivity index (χ0n) is 10.5. The first-order valence-corrected chi connectivity index (χ1v) is 8.34. The third-order valence-electron chi connectivity index (χ3n) is 2.64. The second kappa shape index (κ2) is 5.69. The number of thiophene rings is 1. The van der Waals surface area contributed by atoms with Crippen LogP contribution in [0.4, 0.5) is 10.1 Å². The lowest BCUT2D eigenvalue weighted by Gasteiger charge is -2.11. The summed E-state index contributed by atoms with van der Waals surface area (Å²) in [4.78, 5) is 0.627. The van der Waals surface area contributed by atoms with E-state index in [0.29, 0.717) is 10.4 Å². The number of rotatable bonds is 4. The Morgan fingerprint density at radius 2 is 2.15 bits per heavy atom. The van der Waals surface area contributed by atoms with Crippen LogP contribution < -0.4 is 10.5 Å². The van der Waals surface area contributed by atoms with Gasteiger partial charge in [0.1, 0.15) is 4.90 Å². The van der Waals surface area contributed by atoms with Crippen molar-refractivity contribution in [2.24, 2.45) is 5.73 Å². The second-order valence-corrected chi connectivity index (χ2v) is 7.07. The highest BCUT2D eigenvalue weighted by atomic mass is 35.5. The molecule has 0 atom stereocenters. The lowest BCUT2D eigenvalue weighted by Crippen LogP contribution is -2.16. The van der Waals surface area contributed by atoms with Crippen molar-refractivity contribution in [2.45, 2.75) is 18.4 Å². The van der Waals surface area contributed by atoms with Gasteiger partial charge in [0.25, 0.3) is 10.0 Å². The van der Waals surface area contributed by atoms with Crippen LogP contribution in [0.1, 0.15) is 10.4 Å². The lowest BCUT2D eigenvalue weighted by atomic mass is 10.3. The fourth-order valence-corrected chi connectivity index (χ4v) is 4.71. The Morgan fingerprint density at radius 3 is 2.80 bits per heavy atom. The fourth-order valence-electron chi connectivity index (χ4n) is 1.77. The molecule has 20 heavy (non-hydrogen) atoms. The molecule has 0 aliphatic heterocycles. The predicted octanol–water partition coefficient (Wildman–Crippen LogP) is 3.11. The minimum absolute atomic E-state index is 0.101. The number of nitrogens with two attached hydrogens (primary N) is 1. The first kappa shape index (κ1) is 15.2. The van der Waals surface area contributed by atoms with E-state index in [1.54, 1.807) is 12.3 Å². The zero-order chi connectivity index (χ0) is 14.9. The van der Waals surface area contributed by atoms with Crippen LogP contribution in [-0.2, 0) is 16.6 Å². The molecule has 8 heteroatoms. The van der Waals surface area contributed by atoms with Crippen molar-refractivity contribution in [3.05, 3.63) is 44.9 Å². The number of benzene rings is 1. The van der Waals surface area contributed by atoms with Crippen LogP contribution in [-0.4, -0.2) is 8.42 Å². The normalized spacial score (nSPS) is 11.6. The molecule has 1 aromatic heterocycles. The van der Waals surface area contributed by atoms with Gasteiger partial charge in [-0.1, -0.05) is 17.7 Å². The molecule has 0 amide bonds. The quantitative estimate of drug-likeness (QED) is 0.902. The van der Waals surface area contributed by atoms with Crippen molar-refractivity contribution in [1.82, 2.24) is 0 Å². The molecule has 4 nitrogen and oxygen atoms in total. The maximum atomic E-state index is 13.8. The molecule has 0 radical (unpaired) electrons. The first-order valence-electron chi connectivity index (χ1n) is 5.60. The minimum Gasteiger partial charge on any atom is -0.326 e. The standard InChI is InChI=1S/C12H12ClFN2O2S2/c1-7-6-19-10(5-15)12(7)20(17,18)16-9-4-2-3-8(13)11(9)14/h2-4,6,16H,5,15H2,1H3. The van der Waals surface area contributed by atoms with Crippen molar-refractivity contribution in [3.8, 4) is 0 Å². The number of hydrogen-bond donors (Lipinski definition) is 2. The molecule has 0 aliphatic carbocycles. The molecule has 0 saturated carbocycles. The summed E-state index contributed by atoms with van der Waals surface area (Å²) in [5.74, 6) is -0.806. The maximum Gasteiger partial charge on any atom is 0.263 e. The predicted molar refractivity (Wildman–Crippen MR) is 79.2 cm³/mol. The number of halogens is 2. The number of nitrogens with one attached hydrogen (secondary N) is 1. The molecule has 0 spiro atoms. The molecule has 0 unspecified atom stereocenters. The zero-order valence-corrected chi connectivity index (χ0v) is 12.9. The number of anilines is 1. The van der Waals surface area contributed by atoms with Crippen molar-refractivity contribution >= 4 is 38.6 Å². The Morgan fingerprint density at radius 1 is 1.45 bits per heavy atom. The molecule has 1 aromatic carbocycles. The first-order chi connectivity index (χ1) is 9.36. The summed E-state index contributed by atoms with van der Waals surface area (Å²) in [5, 5.41) is 1.55. The van der Waals surface area contributed by atoms with Crippen molar-refractivity contribution in [1.29, 1.82) is 0 Å². The third kappa shape index (κ3) is 2.80. The number of hydrogen-bond acceptors (Lipinski definition) is 4. The molecule has 2 aromatic rings. The molecular formula is C12H12ClFN2O2S2. The van der Waals surface area contributed by atoms with Gasteiger partial charge in [0.15, 0.2) is 5.82 Å². The van der Waals surface area contributed by atoms with Gasteiger partial charge in [-0.3, -0.25) is 4.72 Å². The SMILES string of the molecule is Cc1csc(CN)c1S(=O)(=O)Nc1cccc(Cl)c1F. The molecule has 0 saturated heterocycles. The van der Waals surface area contributed by atoms with Crippen molar-refractivity contribution in [2.75, 3.05) is 4.72 Å². The van der Waals surface area contributed by atoms with Gasteiger partial charge in [-0.25, -0.2) is 12.8 Å². The van der Waals surface area contributed by atoms with Gasteiger partial charge in [0, 0.05) is 11.4 Å². The highest BCUT2D eigenvalue weighted by Gasteiger charge is 2.23. The average Bonchev–Trinajstić information content (AvgIpc) is 2.77. The molecule has 0 bridgehead atoms. The van der Waals surface area contributed by atoms with Gasteiger partial charge in [-0.2, -0.15) is 0 Å². The van der Waals surface area contributed by atoms with Crippen LogP contribution in [0.5, 0.6) is 0 Å². The number of aryl methyl sites for hydroxylation is 1. The Hall–Kier alpha value is -1.15. The van der Waals surface area contributed by atoms with E-state index >= 15 is 0 Å². The molecule has 2 rings (SSSR count). The van der Waals surface area contributed by atoms with Crippen LogP contribution in [0.15, 0.2) is 28.5 Å². The summed E-state index contributed by atoms with van der Waals surface area (Å²) >= 11 is 6.89. The molecular weight excluding hydrogens is 323 g/mol. The highest BCUT2D eigenvalue weighted by molar-refractivity contribution is 7.93. The Labute approximate surface area is 125 Å². The molecule has 0 fully saturated rings. The smallest absolute Gasteiger partial charge is 0.263 e. The molecule has 1 heterocycles. The number of sulfonamides is 1. The Bertz CT molecular complexity index is 744. The summed E-state index contributed by atoms with van der Waals surface area (Å²) in [6, 6.07) is 4.12. The summed E-state index contributed by atoms with van der Waals surface area (Å²) in [6.07, 6.45) is 0. The molecule has 0 aliphatic rings. The summed E-state index contributed by atoms with van der Waals surface area (Å²) in [6.45, 7) is 1.77. The van der Waals surface area contributed by atoms with E-state index in [0.717, 1.165) is 0 Å². The second-order valence-electron chi connectivity index (χ2n) is 4.08. The highest BCUT2D eigenvalue weighted by Crippen LogP contribution is 2.30. The van der Waals surface area contributed by atoms with Crippen LogP contribution in [0, 0.1) is 12.7 Å². The van der Waals surface area contributed by atoms with Crippen molar-refractivity contribution in [3.63, 3.8) is 0 Å². The van der Waals surface area contributed by atoms with Crippen LogP contribution in [0.2, 0.25) is 5.02 Å². The summed E-state index contributed by atoms with van der Waals surface area (Å²) in [5.41, 5.74) is 5.92. The van der Waals surface area contributed by atoms with E-state index in [2.05, 4.69) is 4.72 Å². The van der Waals surface area contributed by atoms with E-state index in [9.17, 15) is 12.8 Å². The molecule has 108 valence electrons. The van der Waals surface area contributed by atoms with E-state index in [-0.39, 0.29) is 22.2 Å². The lowest BCUT2D eigenvalue weighted by molar-refractivity contribution is 0.597. The Balaban J connectivity index is 2.46. The third-order valence-corrected chi connectivity index (χ3v) is 5.78. The van der Waals surface area contributed by atoms with Gasteiger partial charge < -0.3 is 5.73 Å².